The largest absolute Gasteiger partial charge is 0.394 e. The molecule has 0 heterocycles. The molecule has 0 amide bonds. The molecule has 0 radical (unpaired) electrons. The highest BCUT2D eigenvalue weighted by Gasteiger charge is 2.50. The van der Waals surface area contributed by atoms with Gasteiger partial charge in [-0.3, -0.25) is 0 Å². The molecule has 0 saturated heterocycles. The summed E-state index contributed by atoms with van der Waals surface area (Å²) in [5, 5.41) is 46.9. The standard InChI is InChI=1S/C9H20O5/c1-5(11)9(6(2)12,7(3)13)8(14)4-10/h5-8,10-14H,4H2,1-3H3. The van der Waals surface area contributed by atoms with Gasteiger partial charge >= 0.3 is 0 Å². The molecule has 0 saturated carbocycles. The fourth-order valence-corrected chi connectivity index (χ4v) is 2.04. The van der Waals surface area contributed by atoms with Crippen molar-refractivity contribution in [2.24, 2.45) is 5.41 Å². The summed E-state index contributed by atoms with van der Waals surface area (Å²) in [5.41, 5.74) is -1.52. The summed E-state index contributed by atoms with van der Waals surface area (Å²) in [6, 6.07) is 0. The van der Waals surface area contributed by atoms with E-state index in [1.54, 1.807) is 0 Å². The van der Waals surface area contributed by atoms with E-state index in [2.05, 4.69) is 0 Å². The van der Waals surface area contributed by atoms with E-state index in [1.807, 2.05) is 0 Å². The third-order valence-electron chi connectivity index (χ3n) is 2.92. The van der Waals surface area contributed by atoms with Gasteiger partial charge in [-0.15, -0.1) is 0 Å². The van der Waals surface area contributed by atoms with E-state index in [1.165, 1.54) is 20.8 Å². The Labute approximate surface area is 83.6 Å². The Morgan fingerprint density at radius 2 is 1.14 bits per heavy atom. The topological polar surface area (TPSA) is 101 Å². The van der Waals surface area contributed by atoms with Crippen LogP contribution >= 0.6 is 0 Å². The maximum Gasteiger partial charge on any atom is 0.0901 e. The highest BCUT2D eigenvalue weighted by Crippen LogP contribution is 2.35. The minimum Gasteiger partial charge on any atom is -0.394 e. The van der Waals surface area contributed by atoms with Crippen molar-refractivity contribution in [1.29, 1.82) is 0 Å². The zero-order valence-corrected chi connectivity index (χ0v) is 8.75. The molecule has 0 fully saturated rings. The Hall–Kier alpha value is -0.200. The Kier molecular flexibility index (Phi) is 4.97. The van der Waals surface area contributed by atoms with Crippen molar-refractivity contribution in [3.8, 4) is 0 Å². The molecule has 0 aromatic rings. The van der Waals surface area contributed by atoms with Gasteiger partial charge in [0.1, 0.15) is 0 Å². The SMILES string of the molecule is CC(O)C(C(C)O)(C(C)O)C(O)CO. The van der Waals surface area contributed by atoms with Crippen LogP contribution in [0.5, 0.6) is 0 Å². The van der Waals surface area contributed by atoms with Crippen molar-refractivity contribution >= 4 is 0 Å². The first-order valence-electron chi connectivity index (χ1n) is 4.64. The van der Waals surface area contributed by atoms with Crippen LogP contribution in [-0.4, -0.2) is 56.6 Å². The van der Waals surface area contributed by atoms with Gasteiger partial charge in [-0.25, -0.2) is 0 Å². The summed E-state index contributed by atoms with van der Waals surface area (Å²) < 4.78 is 0. The summed E-state index contributed by atoms with van der Waals surface area (Å²) in [4.78, 5) is 0. The predicted molar refractivity (Wildman–Crippen MR) is 50.6 cm³/mol. The van der Waals surface area contributed by atoms with Crippen LogP contribution in [0.3, 0.4) is 0 Å². The lowest BCUT2D eigenvalue weighted by Gasteiger charge is -2.44. The van der Waals surface area contributed by atoms with E-state index in [4.69, 9.17) is 5.11 Å². The van der Waals surface area contributed by atoms with Crippen LogP contribution in [0.2, 0.25) is 0 Å². The van der Waals surface area contributed by atoms with Crippen molar-refractivity contribution in [1.82, 2.24) is 0 Å². The van der Waals surface area contributed by atoms with Crippen LogP contribution in [-0.2, 0) is 0 Å². The highest BCUT2D eigenvalue weighted by molar-refractivity contribution is 4.98. The van der Waals surface area contributed by atoms with Gasteiger partial charge in [0, 0.05) is 0 Å². The van der Waals surface area contributed by atoms with E-state index in [0.717, 1.165) is 0 Å². The predicted octanol–water partition coefficient (Wildman–Crippen LogP) is -1.53. The first-order valence-corrected chi connectivity index (χ1v) is 4.64. The summed E-state index contributed by atoms with van der Waals surface area (Å²) in [6.45, 7) is 3.45. The molecule has 0 aromatic carbocycles. The zero-order valence-electron chi connectivity index (χ0n) is 8.75. The summed E-state index contributed by atoms with van der Waals surface area (Å²) in [6.07, 6.45) is -4.78. The summed E-state index contributed by atoms with van der Waals surface area (Å²) in [7, 11) is 0. The molecule has 14 heavy (non-hydrogen) atoms. The summed E-state index contributed by atoms with van der Waals surface area (Å²) in [5.74, 6) is 0. The Bertz CT molecular complexity index is 145. The fraction of sp³-hybridized carbons (Fsp3) is 1.00. The highest BCUT2D eigenvalue weighted by atomic mass is 16.3. The Balaban J connectivity index is 5.16. The second-order valence-electron chi connectivity index (χ2n) is 3.73. The molecule has 0 aliphatic carbocycles. The van der Waals surface area contributed by atoms with E-state index in [9.17, 15) is 20.4 Å². The lowest BCUT2D eigenvalue weighted by Crippen LogP contribution is -2.59. The molecule has 0 spiro atoms. The molecule has 4 unspecified atom stereocenters. The molecule has 0 aliphatic rings. The van der Waals surface area contributed by atoms with Crippen LogP contribution < -0.4 is 0 Å². The maximum absolute atomic E-state index is 9.55. The minimum absolute atomic E-state index is 0.624. The third-order valence-corrected chi connectivity index (χ3v) is 2.92. The maximum atomic E-state index is 9.55. The molecule has 5 nitrogen and oxygen atoms in total. The van der Waals surface area contributed by atoms with E-state index < -0.39 is 36.4 Å². The molecule has 0 bridgehead atoms. The Morgan fingerprint density at radius 3 is 1.21 bits per heavy atom. The second-order valence-corrected chi connectivity index (χ2v) is 3.73. The van der Waals surface area contributed by atoms with Crippen molar-refractivity contribution in [3.63, 3.8) is 0 Å². The average Bonchev–Trinajstić information content (AvgIpc) is 2.02. The normalized spacial score (nSPS) is 24.9. The van der Waals surface area contributed by atoms with E-state index in [-0.39, 0.29) is 0 Å². The number of aliphatic hydroxyl groups excluding tert-OH is 5. The van der Waals surface area contributed by atoms with Crippen LogP contribution in [0.25, 0.3) is 0 Å². The van der Waals surface area contributed by atoms with Crippen molar-refractivity contribution < 1.29 is 25.5 Å². The lowest BCUT2D eigenvalue weighted by atomic mass is 9.69. The number of rotatable bonds is 5. The van der Waals surface area contributed by atoms with Crippen molar-refractivity contribution in [2.75, 3.05) is 6.61 Å². The lowest BCUT2D eigenvalue weighted by molar-refractivity contribution is -0.188. The van der Waals surface area contributed by atoms with Crippen molar-refractivity contribution in [3.05, 3.63) is 0 Å². The van der Waals surface area contributed by atoms with Crippen LogP contribution in [0.15, 0.2) is 0 Å². The second kappa shape index (κ2) is 5.04. The first kappa shape index (κ1) is 13.8. The molecule has 0 aromatic heterocycles. The number of aliphatic hydroxyl groups is 5. The first-order chi connectivity index (χ1) is 6.31. The molecule has 4 atom stereocenters. The fourth-order valence-electron chi connectivity index (χ4n) is 2.04. The van der Waals surface area contributed by atoms with Crippen molar-refractivity contribution in [2.45, 2.75) is 45.2 Å². The number of hydrogen-bond acceptors (Lipinski definition) is 5. The third kappa shape index (κ3) is 2.07. The zero-order chi connectivity index (χ0) is 11.5. The molecule has 5 N–H and O–H groups in total. The molecule has 0 aliphatic heterocycles. The Morgan fingerprint density at radius 1 is 0.857 bits per heavy atom. The van der Waals surface area contributed by atoms with Gasteiger partial charge < -0.3 is 25.5 Å². The van der Waals surface area contributed by atoms with Gasteiger partial charge in [-0.2, -0.15) is 0 Å². The molecule has 0 rings (SSSR count). The monoisotopic (exact) mass is 208 g/mol. The van der Waals surface area contributed by atoms with E-state index >= 15 is 0 Å². The molecule has 86 valence electrons. The van der Waals surface area contributed by atoms with Crippen LogP contribution in [0, 0.1) is 5.41 Å². The quantitative estimate of drug-likeness (QED) is 0.377. The van der Waals surface area contributed by atoms with Crippen LogP contribution in [0.4, 0.5) is 0 Å². The van der Waals surface area contributed by atoms with Gasteiger partial charge in [0.25, 0.3) is 0 Å². The molecular weight excluding hydrogens is 188 g/mol. The van der Waals surface area contributed by atoms with Gasteiger partial charge in [0.05, 0.1) is 36.4 Å². The molecule has 5 heteroatoms. The average molecular weight is 208 g/mol. The van der Waals surface area contributed by atoms with Gasteiger partial charge in [-0.05, 0) is 20.8 Å². The smallest absolute Gasteiger partial charge is 0.0901 e. The van der Waals surface area contributed by atoms with Gasteiger partial charge in [-0.1, -0.05) is 0 Å². The minimum atomic E-state index is -1.52. The van der Waals surface area contributed by atoms with E-state index in [0.29, 0.717) is 0 Å². The van der Waals surface area contributed by atoms with Gasteiger partial charge in [0.2, 0.25) is 0 Å². The summed E-state index contributed by atoms with van der Waals surface area (Å²) >= 11 is 0. The number of hydrogen-bond donors (Lipinski definition) is 5. The van der Waals surface area contributed by atoms with Gasteiger partial charge in [0.15, 0.2) is 0 Å². The molecular formula is C9H20O5. The van der Waals surface area contributed by atoms with Crippen LogP contribution in [0.1, 0.15) is 20.8 Å².